The predicted molar refractivity (Wildman–Crippen MR) is 132 cm³/mol. The molecule has 3 heterocycles. The van der Waals surface area contributed by atoms with Crippen molar-refractivity contribution in [3.63, 3.8) is 0 Å². The molecule has 8 nitrogen and oxygen atoms in total. The topological polar surface area (TPSA) is 81.2 Å². The molecule has 1 fully saturated rings. The molecule has 1 saturated heterocycles. The van der Waals surface area contributed by atoms with Crippen molar-refractivity contribution in [2.24, 2.45) is 5.41 Å². The van der Waals surface area contributed by atoms with E-state index in [1.54, 1.807) is 37.4 Å². The average molecular weight is 482 g/mol. The van der Waals surface area contributed by atoms with Gasteiger partial charge in [0.25, 0.3) is 11.8 Å². The third kappa shape index (κ3) is 6.11. The molecule has 0 unspecified atom stereocenters. The van der Waals surface area contributed by atoms with Crippen LogP contribution in [-0.2, 0) is 4.74 Å². The van der Waals surface area contributed by atoms with Crippen molar-refractivity contribution in [1.29, 1.82) is 0 Å². The Morgan fingerprint density at radius 2 is 1.86 bits per heavy atom. The van der Waals surface area contributed by atoms with Gasteiger partial charge < -0.3 is 24.0 Å². The number of rotatable bonds is 2. The summed E-state index contributed by atoms with van der Waals surface area (Å²) in [5, 5.41) is 0. The van der Waals surface area contributed by atoms with Crippen LogP contribution in [0, 0.1) is 5.41 Å². The molecule has 2 aromatic rings. The van der Waals surface area contributed by atoms with E-state index in [9.17, 15) is 9.59 Å². The second-order valence-electron chi connectivity index (χ2n) is 9.45. The third-order valence-corrected chi connectivity index (χ3v) is 7.11. The smallest absolute Gasteiger partial charge is 0.272 e. The predicted octanol–water partition coefficient (Wildman–Crippen LogP) is 3.66. The summed E-state index contributed by atoms with van der Waals surface area (Å²) in [6.07, 6.45) is 6.25. The van der Waals surface area contributed by atoms with Gasteiger partial charge in [0.05, 0.1) is 25.9 Å². The summed E-state index contributed by atoms with van der Waals surface area (Å²) < 4.78 is 17.4. The number of pyridine rings is 1. The molecular weight excluding hydrogens is 446 g/mol. The molecule has 2 aliphatic rings. The Kier molecular flexibility index (Phi) is 8.23. The minimum absolute atomic E-state index is 0.0647. The molecule has 1 aromatic carbocycles. The van der Waals surface area contributed by atoms with Gasteiger partial charge >= 0.3 is 0 Å². The van der Waals surface area contributed by atoms with Crippen molar-refractivity contribution < 1.29 is 23.8 Å². The maximum atomic E-state index is 13.1. The number of aromatic nitrogens is 1. The molecule has 1 aromatic heterocycles. The summed E-state index contributed by atoms with van der Waals surface area (Å²) in [5.74, 6) is 1.09. The van der Waals surface area contributed by atoms with Crippen LogP contribution in [0.25, 0.3) is 0 Å². The Balaban J connectivity index is 1.48. The summed E-state index contributed by atoms with van der Waals surface area (Å²) in [7, 11) is 3.37. The Morgan fingerprint density at radius 1 is 1.06 bits per heavy atom. The minimum Gasteiger partial charge on any atom is -0.497 e. The first-order valence-electron chi connectivity index (χ1n) is 12.4. The number of para-hydroxylation sites is 1. The van der Waals surface area contributed by atoms with Gasteiger partial charge in [0, 0.05) is 51.0 Å². The highest BCUT2D eigenvalue weighted by molar-refractivity contribution is 5.96. The van der Waals surface area contributed by atoms with Gasteiger partial charge in [-0.15, -0.1) is 0 Å². The van der Waals surface area contributed by atoms with Crippen molar-refractivity contribution in [2.45, 2.75) is 32.1 Å². The average Bonchev–Trinajstić information content (AvgIpc) is 2.90. The van der Waals surface area contributed by atoms with E-state index in [-0.39, 0.29) is 17.2 Å². The first-order valence-corrected chi connectivity index (χ1v) is 12.4. The van der Waals surface area contributed by atoms with Crippen LogP contribution in [0.5, 0.6) is 11.5 Å². The molecule has 8 heteroatoms. The van der Waals surface area contributed by atoms with Gasteiger partial charge in [0.1, 0.15) is 17.2 Å². The number of likely N-dealkylation sites (tertiary alicyclic amines) is 1. The first kappa shape index (κ1) is 25.0. The van der Waals surface area contributed by atoms with Gasteiger partial charge in [-0.05, 0) is 43.9 Å². The molecule has 1 spiro atoms. The Bertz CT molecular complexity index is 1020. The Morgan fingerprint density at radius 3 is 2.66 bits per heavy atom. The maximum Gasteiger partial charge on any atom is 0.272 e. The van der Waals surface area contributed by atoms with E-state index in [2.05, 4.69) is 4.98 Å². The fourth-order valence-corrected chi connectivity index (χ4v) is 4.78. The first-order chi connectivity index (χ1) is 17.0. The van der Waals surface area contributed by atoms with E-state index in [1.165, 1.54) is 0 Å². The lowest BCUT2D eigenvalue weighted by atomic mass is 9.75. The fourth-order valence-electron chi connectivity index (χ4n) is 4.78. The monoisotopic (exact) mass is 481 g/mol. The number of hydrogen-bond donors (Lipinski definition) is 0. The molecule has 0 N–H and O–H groups in total. The largest absolute Gasteiger partial charge is 0.497 e. The number of amides is 2. The summed E-state index contributed by atoms with van der Waals surface area (Å²) in [4.78, 5) is 33.9. The minimum atomic E-state index is -0.0760. The number of hydrogen-bond acceptors (Lipinski definition) is 6. The third-order valence-electron chi connectivity index (χ3n) is 7.11. The second-order valence-corrected chi connectivity index (χ2v) is 9.45. The molecule has 4 rings (SSSR count). The van der Waals surface area contributed by atoms with Crippen LogP contribution in [0.1, 0.15) is 53.0 Å². The van der Waals surface area contributed by atoms with E-state index < -0.39 is 0 Å². The van der Waals surface area contributed by atoms with Crippen LogP contribution in [0.3, 0.4) is 0 Å². The summed E-state index contributed by atoms with van der Waals surface area (Å²) in [6, 6.07) is 10.9. The van der Waals surface area contributed by atoms with Crippen molar-refractivity contribution >= 4 is 11.8 Å². The highest BCUT2D eigenvalue weighted by Gasteiger charge is 2.37. The van der Waals surface area contributed by atoms with E-state index in [0.717, 1.165) is 32.1 Å². The lowest BCUT2D eigenvalue weighted by Gasteiger charge is -2.42. The lowest BCUT2D eigenvalue weighted by molar-refractivity contribution is 0.0325. The van der Waals surface area contributed by atoms with Crippen molar-refractivity contribution in [3.05, 3.63) is 53.9 Å². The van der Waals surface area contributed by atoms with Gasteiger partial charge in [-0.2, -0.15) is 0 Å². The fraction of sp³-hybridized carbons (Fsp3) is 0.519. The Labute approximate surface area is 207 Å². The quantitative estimate of drug-likeness (QED) is 0.651. The number of benzene rings is 1. The number of piperidine rings is 1. The molecule has 0 saturated carbocycles. The number of carbonyl (C=O) groups excluding carboxylic acids is 2. The maximum absolute atomic E-state index is 13.1. The van der Waals surface area contributed by atoms with Gasteiger partial charge in [0.15, 0.2) is 0 Å². The molecule has 188 valence electrons. The standard InChI is InChI=1S/C27H35N3O5/c1-29-16-18-34-17-6-5-10-27(20-35-24-8-4-3-7-22(24)25(29)31)11-14-30(15-12-27)26(32)23-19-21(33-2)9-13-28-23/h3-4,7-9,13,19H,5-6,10-12,14-18,20H2,1-2H3. The van der Waals surface area contributed by atoms with Crippen LogP contribution in [0.15, 0.2) is 42.6 Å². The number of methoxy groups -OCH3 is 1. The molecule has 0 aliphatic carbocycles. The molecule has 0 radical (unpaired) electrons. The highest BCUT2D eigenvalue weighted by atomic mass is 16.5. The zero-order valence-electron chi connectivity index (χ0n) is 20.7. The van der Waals surface area contributed by atoms with Gasteiger partial charge in [0.2, 0.25) is 0 Å². The van der Waals surface area contributed by atoms with E-state index >= 15 is 0 Å². The van der Waals surface area contributed by atoms with E-state index in [0.29, 0.717) is 62.2 Å². The zero-order chi connectivity index (χ0) is 24.7. The Hall–Kier alpha value is -3.13. The number of likely N-dealkylation sites (N-methyl/N-ethyl adjacent to an activating group) is 1. The van der Waals surface area contributed by atoms with Crippen molar-refractivity contribution in [3.8, 4) is 11.5 Å². The van der Waals surface area contributed by atoms with E-state index in [4.69, 9.17) is 14.2 Å². The normalized spacial score (nSPS) is 19.4. The van der Waals surface area contributed by atoms with Crippen LogP contribution in [0.2, 0.25) is 0 Å². The highest BCUT2D eigenvalue weighted by Crippen LogP contribution is 2.38. The molecule has 2 amide bonds. The van der Waals surface area contributed by atoms with Crippen LogP contribution in [-0.4, -0.2) is 80.2 Å². The zero-order valence-corrected chi connectivity index (χ0v) is 20.7. The summed E-state index contributed by atoms with van der Waals surface area (Å²) in [5.41, 5.74) is 0.903. The number of fused-ring (bicyclic) bond motifs is 1. The number of nitrogens with zero attached hydrogens (tertiary/aromatic N) is 3. The molecule has 2 aliphatic heterocycles. The summed E-state index contributed by atoms with van der Waals surface area (Å²) >= 11 is 0. The molecule has 0 atom stereocenters. The van der Waals surface area contributed by atoms with Crippen molar-refractivity contribution in [1.82, 2.24) is 14.8 Å². The van der Waals surface area contributed by atoms with Crippen molar-refractivity contribution in [2.75, 3.05) is 53.6 Å². The van der Waals surface area contributed by atoms with Crippen LogP contribution in [0.4, 0.5) is 0 Å². The molecular formula is C27H35N3O5. The lowest BCUT2D eigenvalue weighted by Crippen LogP contribution is -2.46. The van der Waals surface area contributed by atoms with E-state index in [1.807, 2.05) is 29.2 Å². The van der Waals surface area contributed by atoms with Gasteiger partial charge in [-0.1, -0.05) is 18.6 Å². The van der Waals surface area contributed by atoms with Crippen LogP contribution < -0.4 is 9.47 Å². The van der Waals surface area contributed by atoms with Gasteiger partial charge in [-0.3, -0.25) is 14.6 Å². The SMILES string of the molecule is COc1ccnc(C(=O)N2CCC3(CCCCOCCN(C)C(=O)c4ccccc4OC3)CC2)c1. The number of ether oxygens (including phenoxy) is 3. The van der Waals surface area contributed by atoms with Crippen LogP contribution >= 0.6 is 0 Å². The second kappa shape index (κ2) is 11.5. The number of carbonyl (C=O) groups is 2. The molecule has 0 bridgehead atoms. The summed E-state index contributed by atoms with van der Waals surface area (Å²) in [6.45, 7) is 3.54. The molecule has 35 heavy (non-hydrogen) atoms. The van der Waals surface area contributed by atoms with Gasteiger partial charge in [-0.25, -0.2) is 0 Å².